The first-order valence-corrected chi connectivity index (χ1v) is 11.8. The molecule has 166 valence electrons. The van der Waals surface area contributed by atoms with Gasteiger partial charge in [-0.1, -0.05) is 13.8 Å². The molecule has 0 N–H and O–H groups in total. The molecule has 0 aromatic carbocycles. The van der Waals surface area contributed by atoms with E-state index in [0.29, 0.717) is 24.7 Å². The first kappa shape index (κ1) is 20.3. The molecule has 30 heavy (non-hydrogen) atoms. The molecule has 6 nitrogen and oxygen atoms in total. The van der Waals surface area contributed by atoms with E-state index >= 15 is 0 Å². The third kappa shape index (κ3) is 2.70. The molecule has 4 aliphatic carbocycles. The summed E-state index contributed by atoms with van der Waals surface area (Å²) in [6, 6.07) is 0. The summed E-state index contributed by atoms with van der Waals surface area (Å²) in [5.41, 5.74) is -0.977. The van der Waals surface area contributed by atoms with E-state index in [1.165, 1.54) is 6.42 Å². The van der Waals surface area contributed by atoms with Gasteiger partial charge in [0.05, 0.1) is 17.3 Å². The minimum Gasteiger partial charge on any atom is -0.459 e. The van der Waals surface area contributed by atoms with E-state index in [2.05, 4.69) is 6.92 Å². The summed E-state index contributed by atoms with van der Waals surface area (Å²) in [6.45, 7) is 7.77. The second-order valence-corrected chi connectivity index (χ2v) is 11.0. The minimum absolute atomic E-state index is 0.0415. The number of rotatable bonds is 6. The van der Waals surface area contributed by atoms with Gasteiger partial charge in [0.2, 0.25) is 0 Å². The Bertz CT molecular complexity index is 774. The van der Waals surface area contributed by atoms with Gasteiger partial charge in [-0.2, -0.15) is 0 Å². The molecule has 9 unspecified atom stereocenters. The van der Waals surface area contributed by atoms with Gasteiger partial charge >= 0.3 is 17.9 Å². The molecule has 5 fully saturated rings. The van der Waals surface area contributed by atoms with E-state index in [9.17, 15) is 14.4 Å². The highest BCUT2D eigenvalue weighted by molar-refractivity contribution is 5.86. The molecule has 0 amide bonds. The third-order valence-corrected chi connectivity index (χ3v) is 9.32. The fourth-order valence-corrected chi connectivity index (χ4v) is 7.19. The number of hydrogen-bond donors (Lipinski definition) is 0. The molecular weight excluding hydrogens is 384 g/mol. The zero-order valence-corrected chi connectivity index (χ0v) is 18.5. The Kier molecular flexibility index (Phi) is 4.54. The van der Waals surface area contributed by atoms with Gasteiger partial charge in [-0.05, 0) is 70.6 Å². The normalized spacial score (nSPS) is 45.7. The van der Waals surface area contributed by atoms with Gasteiger partial charge in [0.25, 0.3) is 0 Å². The third-order valence-electron chi connectivity index (χ3n) is 9.32. The molecule has 0 aromatic rings. The van der Waals surface area contributed by atoms with Crippen LogP contribution in [0.2, 0.25) is 0 Å². The van der Waals surface area contributed by atoms with E-state index < -0.39 is 29.5 Å². The van der Waals surface area contributed by atoms with Gasteiger partial charge in [0.15, 0.2) is 0 Å². The van der Waals surface area contributed by atoms with Crippen LogP contribution in [0.3, 0.4) is 0 Å². The maximum Gasteiger partial charge on any atom is 0.311 e. The predicted molar refractivity (Wildman–Crippen MR) is 107 cm³/mol. The number of fused-ring (bicyclic) bond motifs is 3. The Morgan fingerprint density at radius 2 is 1.93 bits per heavy atom. The summed E-state index contributed by atoms with van der Waals surface area (Å²) in [7, 11) is 0. The van der Waals surface area contributed by atoms with Crippen LogP contribution in [0.25, 0.3) is 0 Å². The van der Waals surface area contributed by atoms with Crippen molar-refractivity contribution in [3.63, 3.8) is 0 Å². The largest absolute Gasteiger partial charge is 0.459 e. The Hall–Kier alpha value is -1.59. The maximum absolute atomic E-state index is 13.5. The molecule has 0 radical (unpaired) electrons. The van der Waals surface area contributed by atoms with Gasteiger partial charge in [-0.3, -0.25) is 14.4 Å². The molecular formula is C24H34O6. The lowest BCUT2D eigenvalue weighted by atomic mass is 9.77. The van der Waals surface area contributed by atoms with Crippen LogP contribution in [0.4, 0.5) is 0 Å². The van der Waals surface area contributed by atoms with Crippen LogP contribution in [0.15, 0.2) is 0 Å². The van der Waals surface area contributed by atoms with Crippen LogP contribution < -0.4 is 0 Å². The van der Waals surface area contributed by atoms with Gasteiger partial charge in [-0.25, -0.2) is 0 Å². The number of carbonyl (C=O) groups is 3. The predicted octanol–water partition coefficient (Wildman–Crippen LogP) is 3.65. The highest BCUT2D eigenvalue weighted by Gasteiger charge is 2.71. The van der Waals surface area contributed by atoms with E-state index in [0.717, 1.165) is 25.7 Å². The second-order valence-electron chi connectivity index (χ2n) is 11.0. The van der Waals surface area contributed by atoms with E-state index in [4.69, 9.17) is 14.2 Å². The maximum atomic E-state index is 13.5. The topological polar surface area (TPSA) is 78.9 Å². The van der Waals surface area contributed by atoms with Crippen LogP contribution in [0.1, 0.15) is 72.6 Å². The molecule has 1 heterocycles. The summed E-state index contributed by atoms with van der Waals surface area (Å²) < 4.78 is 17.8. The van der Waals surface area contributed by atoms with Crippen LogP contribution >= 0.6 is 0 Å². The Morgan fingerprint density at radius 1 is 1.17 bits per heavy atom. The van der Waals surface area contributed by atoms with Crippen molar-refractivity contribution in [2.45, 2.75) is 90.4 Å². The molecule has 5 rings (SSSR count). The van der Waals surface area contributed by atoms with Crippen molar-refractivity contribution in [3.8, 4) is 0 Å². The first-order valence-electron chi connectivity index (χ1n) is 11.8. The monoisotopic (exact) mass is 418 g/mol. The summed E-state index contributed by atoms with van der Waals surface area (Å²) >= 11 is 0. The fourth-order valence-electron chi connectivity index (χ4n) is 7.19. The zero-order valence-electron chi connectivity index (χ0n) is 18.5. The lowest BCUT2D eigenvalue weighted by molar-refractivity contribution is -0.182. The van der Waals surface area contributed by atoms with Crippen molar-refractivity contribution in [1.82, 2.24) is 0 Å². The summed E-state index contributed by atoms with van der Waals surface area (Å²) in [6.07, 6.45) is 5.69. The summed E-state index contributed by atoms with van der Waals surface area (Å²) in [5, 5.41) is 0. The summed E-state index contributed by atoms with van der Waals surface area (Å²) in [4.78, 5) is 38.9. The lowest BCUT2D eigenvalue weighted by Gasteiger charge is -2.39. The second kappa shape index (κ2) is 6.70. The molecule has 4 bridgehead atoms. The molecule has 0 spiro atoms. The minimum atomic E-state index is -0.602. The van der Waals surface area contributed by atoms with Crippen LogP contribution in [-0.2, 0) is 28.6 Å². The molecule has 6 heteroatoms. The average Bonchev–Trinajstić information content (AvgIpc) is 3.49. The number of carbonyl (C=O) groups excluding carboxylic acids is 3. The van der Waals surface area contributed by atoms with Crippen molar-refractivity contribution in [2.24, 2.45) is 40.9 Å². The Labute approximate surface area is 178 Å². The smallest absolute Gasteiger partial charge is 0.311 e. The van der Waals surface area contributed by atoms with Crippen LogP contribution in [0, 0.1) is 40.9 Å². The van der Waals surface area contributed by atoms with Crippen molar-refractivity contribution in [1.29, 1.82) is 0 Å². The number of hydrogen-bond acceptors (Lipinski definition) is 6. The number of ether oxygens (including phenoxy) is 3. The highest BCUT2D eigenvalue weighted by atomic mass is 16.6. The molecule has 9 atom stereocenters. The van der Waals surface area contributed by atoms with Gasteiger partial charge in [0, 0.05) is 11.8 Å². The SMILES string of the molecule is CCC(C)(C)C(=O)OC1C2CC3C1OC(=O)C3C2C(=O)OC1(CC)CC2CCC1C2. The average molecular weight is 419 g/mol. The highest BCUT2D eigenvalue weighted by Crippen LogP contribution is 2.60. The Morgan fingerprint density at radius 3 is 2.53 bits per heavy atom. The molecule has 0 aromatic heterocycles. The van der Waals surface area contributed by atoms with Crippen molar-refractivity contribution in [3.05, 3.63) is 0 Å². The molecule has 5 aliphatic rings. The lowest BCUT2D eigenvalue weighted by Crippen LogP contribution is -2.48. The quantitative estimate of drug-likeness (QED) is 0.484. The fraction of sp³-hybridized carbons (Fsp3) is 0.875. The molecule has 4 saturated carbocycles. The van der Waals surface area contributed by atoms with Crippen LogP contribution in [-0.4, -0.2) is 35.7 Å². The zero-order chi connectivity index (χ0) is 21.4. The Balaban J connectivity index is 1.37. The molecule has 1 aliphatic heterocycles. The van der Waals surface area contributed by atoms with E-state index in [-0.39, 0.29) is 35.3 Å². The standard InChI is InChI=1S/C24H34O6/c1-5-23(3,4)22(27)29-19-15-10-14-16(20(25)28-18(14)19)17(15)21(26)30-24(6-2)11-12-7-8-13(24)9-12/h12-19H,5-11H2,1-4H3. The molecule has 1 saturated heterocycles. The van der Waals surface area contributed by atoms with Crippen molar-refractivity contribution >= 4 is 17.9 Å². The first-order chi connectivity index (χ1) is 14.2. The van der Waals surface area contributed by atoms with E-state index in [1.54, 1.807) is 0 Å². The van der Waals surface area contributed by atoms with Gasteiger partial charge in [0.1, 0.15) is 17.8 Å². The van der Waals surface area contributed by atoms with Gasteiger partial charge in [-0.15, -0.1) is 0 Å². The van der Waals surface area contributed by atoms with E-state index in [1.807, 2.05) is 20.8 Å². The van der Waals surface area contributed by atoms with Crippen molar-refractivity contribution < 1.29 is 28.6 Å². The van der Waals surface area contributed by atoms with Crippen molar-refractivity contribution in [2.75, 3.05) is 0 Å². The summed E-state index contributed by atoms with van der Waals surface area (Å²) in [5.74, 6) is -0.983. The van der Waals surface area contributed by atoms with Crippen LogP contribution in [0.5, 0.6) is 0 Å². The van der Waals surface area contributed by atoms with Gasteiger partial charge < -0.3 is 14.2 Å². The number of esters is 3.